The highest BCUT2D eigenvalue weighted by atomic mass is 16.5. The number of hydrogen-bond donors (Lipinski definition) is 2. The number of nitrogens with zero attached hydrogens (tertiary/aromatic N) is 4. The molecule has 1 saturated heterocycles. The van der Waals surface area contributed by atoms with Crippen molar-refractivity contribution in [3.05, 3.63) is 46.0 Å². The lowest BCUT2D eigenvalue weighted by atomic mass is 9.95. The largest absolute Gasteiger partial charge is 0.497 e. The van der Waals surface area contributed by atoms with Crippen molar-refractivity contribution < 1.29 is 14.4 Å². The minimum Gasteiger partial charge on any atom is -0.497 e. The molecule has 0 amide bonds. The van der Waals surface area contributed by atoms with Crippen molar-refractivity contribution in [2.75, 3.05) is 33.4 Å². The molecule has 2 fully saturated rings. The molecule has 2 N–H and O–H groups in total. The fraction of sp³-hybridized carbons (Fsp3) is 0.545. The van der Waals surface area contributed by atoms with Crippen LogP contribution in [0.4, 0.5) is 0 Å². The van der Waals surface area contributed by atoms with Gasteiger partial charge in [0.25, 0.3) is 5.56 Å². The molecule has 1 aliphatic heterocycles. The van der Waals surface area contributed by atoms with Gasteiger partial charge in [-0.15, -0.1) is 5.10 Å². The zero-order valence-electron chi connectivity index (χ0n) is 17.8. The van der Waals surface area contributed by atoms with Gasteiger partial charge in [0.05, 0.1) is 31.9 Å². The van der Waals surface area contributed by atoms with Gasteiger partial charge in [-0.3, -0.25) is 4.79 Å². The van der Waals surface area contributed by atoms with Crippen LogP contribution < -0.4 is 15.2 Å². The van der Waals surface area contributed by atoms with Gasteiger partial charge in [0.1, 0.15) is 18.8 Å². The number of tetrazole rings is 1. The summed E-state index contributed by atoms with van der Waals surface area (Å²) in [6.45, 7) is 2.93. The number of hydrogen-bond acceptors (Lipinski definition) is 6. The van der Waals surface area contributed by atoms with Gasteiger partial charge in [0.2, 0.25) is 5.82 Å². The third-order valence-corrected chi connectivity index (χ3v) is 6.63. The average Bonchev–Trinajstić information content (AvgIpc) is 3.30. The Morgan fingerprint density at radius 1 is 1.19 bits per heavy atom. The molecule has 9 heteroatoms. The van der Waals surface area contributed by atoms with Crippen LogP contribution in [0.2, 0.25) is 0 Å². The number of morpholine rings is 1. The summed E-state index contributed by atoms with van der Waals surface area (Å²) in [6.07, 6.45) is 5.80. The van der Waals surface area contributed by atoms with E-state index in [1.54, 1.807) is 7.11 Å². The summed E-state index contributed by atoms with van der Waals surface area (Å²) in [6, 6.07) is 7.70. The van der Waals surface area contributed by atoms with Gasteiger partial charge in [0.15, 0.2) is 6.04 Å². The number of ether oxygens (including phenoxy) is 2. The van der Waals surface area contributed by atoms with Gasteiger partial charge in [0, 0.05) is 10.9 Å². The van der Waals surface area contributed by atoms with Crippen LogP contribution in [0.3, 0.4) is 0 Å². The van der Waals surface area contributed by atoms with Crippen molar-refractivity contribution in [1.29, 1.82) is 0 Å². The minimum atomic E-state index is -0.250. The van der Waals surface area contributed by atoms with Crippen molar-refractivity contribution in [3.8, 4) is 5.75 Å². The predicted molar refractivity (Wildman–Crippen MR) is 114 cm³/mol. The Labute approximate surface area is 180 Å². The number of rotatable bonds is 5. The summed E-state index contributed by atoms with van der Waals surface area (Å²) in [5.41, 5.74) is 1.38. The number of H-pyrrole nitrogens is 1. The first-order valence-electron chi connectivity index (χ1n) is 11.2. The highest BCUT2D eigenvalue weighted by Crippen LogP contribution is 2.30. The molecule has 1 aromatic carbocycles. The van der Waals surface area contributed by atoms with Gasteiger partial charge in [-0.1, -0.05) is 19.3 Å². The zero-order valence-corrected chi connectivity index (χ0v) is 17.8. The van der Waals surface area contributed by atoms with Crippen LogP contribution in [0.5, 0.6) is 5.75 Å². The SMILES string of the molecule is COc1ccc2[nH]c(=O)c([C@H](c3nnnn3C3CCCCC3)[NH+]3CCOCC3)cc2c1. The smallest absolute Gasteiger partial charge is 0.258 e. The lowest BCUT2D eigenvalue weighted by Gasteiger charge is -2.32. The summed E-state index contributed by atoms with van der Waals surface area (Å²) in [7, 11) is 1.65. The first-order valence-corrected chi connectivity index (χ1v) is 11.2. The molecular formula is C22H29N6O3+. The number of methoxy groups -OCH3 is 1. The molecule has 1 atom stereocenters. The van der Waals surface area contributed by atoms with Gasteiger partial charge in [-0.05, 0) is 47.5 Å². The maximum atomic E-state index is 13.2. The van der Waals surface area contributed by atoms with E-state index in [1.165, 1.54) is 24.2 Å². The summed E-state index contributed by atoms with van der Waals surface area (Å²) < 4.78 is 13.0. The minimum absolute atomic E-state index is 0.0974. The number of quaternary nitrogens is 1. The number of aromatic nitrogens is 5. The van der Waals surface area contributed by atoms with E-state index < -0.39 is 0 Å². The normalized spacial score (nSPS) is 19.5. The Morgan fingerprint density at radius 2 is 2.00 bits per heavy atom. The second-order valence-electron chi connectivity index (χ2n) is 8.48. The molecule has 0 spiro atoms. The first-order chi connectivity index (χ1) is 15.2. The summed E-state index contributed by atoms with van der Waals surface area (Å²) in [4.78, 5) is 17.6. The summed E-state index contributed by atoms with van der Waals surface area (Å²) in [5, 5.41) is 13.8. The molecule has 31 heavy (non-hydrogen) atoms. The number of pyridine rings is 1. The van der Waals surface area contributed by atoms with E-state index in [-0.39, 0.29) is 11.6 Å². The lowest BCUT2D eigenvalue weighted by molar-refractivity contribution is -0.933. The van der Waals surface area contributed by atoms with E-state index in [9.17, 15) is 4.79 Å². The molecule has 3 heterocycles. The Kier molecular flexibility index (Phi) is 5.69. The molecule has 2 aromatic heterocycles. The molecule has 1 saturated carbocycles. The van der Waals surface area contributed by atoms with E-state index in [4.69, 9.17) is 9.47 Å². The second kappa shape index (κ2) is 8.76. The van der Waals surface area contributed by atoms with Gasteiger partial charge in [-0.25, -0.2) is 4.68 Å². The van der Waals surface area contributed by atoms with Crippen molar-refractivity contribution in [2.45, 2.75) is 44.2 Å². The number of nitrogens with one attached hydrogen (secondary N) is 2. The number of benzene rings is 1. The summed E-state index contributed by atoms with van der Waals surface area (Å²) >= 11 is 0. The fourth-order valence-electron chi connectivity index (χ4n) is 4.98. The van der Waals surface area contributed by atoms with Crippen LogP contribution in [0.15, 0.2) is 29.1 Å². The standard InChI is InChI=1S/C22H28N6O3/c1-30-17-7-8-19-15(13-17)14-18(22(29)23-19)20(27-9-11-31-12-10-27)21-24-25-26-28(21)16-5-3-2-4-6-16/h7-8,13-14,16,20H,2-6,9-12H2,1H3,(H,23,29)/p+1/t20-/m1/s1. The molecular weight excluding hydrogens is 396 g/mol. The Morgan fingerprint density at radius 3 is 2.77 bits per heavy atom. The van der Waals surface area contributed by atoms with Crippen LogP contribution >= 0.6 is 0 Å². The maximum Gasteiger partial charge on any atom is 0.258 e. The van der Waals surface area contributed by atoms with E-state index in [0.29, 0.717) is 24.8 Å². The maximum absolute atomic E-state index is 13.2. The van der Waals surface area contributed by atoms with Gasteiger partial charge >= 0.3 is 0 Å². The van der Waals surface area contributed by atoms with Crippen molar-refractivity contribution in [1.82, 2.24) is 25.2 Å². The van der Waals surface area contributed by atoms with Crippen molar-refractivity contribution in [3.63, 3.8) is 0 Å². The third-order valence-electron chi connectivity index (χ3n) is 6.63. The molecule has 3 aromatic rings. The van der Waals surface area contributed by atoms with Crippen LogP contribution in [0, 0.1) is 0 Å². The molecule has 0 radical (unpaired) electrons. The first kappa shape index (κ1) is 20.1. The highest BCUT2D eigenvalue weighted by Gasteiger charge is 2.36. The van der Waals surface area contributed by atoms with Gasteiger partial charge in [-0.2, -0.15) is 0 Å². The quantitative estimate of drug-likeness (QED) is 0.634. The van der Waals surface area contributed by atoms with Crippen LogP contribution in [-0.4, -0.2) is 58.6 Å². The van der Waals surface area contributed by atoms with E-state index in [2.05, 4.69) is 20.5 Å². The van der Waals surface area contributed by atoms with Gasteiger partial charge < -0.3 is 19.4 Å². The second-order valence-corrected chi connectivity index (χ2v) is 8.48. The third kappa shape index (κ3) is 3.95. The van der Waals surface area contributed by atoms with Crippen molar-refractivity contribution >= 4 is 10.9 Å². The molecule has 5 rings (SSSR count). The highest BCUT2D eigenvalue weighted by molar-refractivity contribution is 5.80. The Bertz CT molecular complexity index is 1100. The molecule has 0 bridgehead atoms. The zero-order chi connectivity index (χ0) is 21.2. The van der Waals surface area contributed by atoms with E-state index >= 15 is 0 Å². The summed E-state index contributed by atoms with van der Waals surface area (Å²) in [5.74, 6) is 1.53. The Balaban J connectivity index is 1.63. The molecule has 9 nitrogen and oxygen atoms in total. The fourth-order valence-corrected chi connectivity index (χ4v) is 4.98. The topological polar surface area (TPSA) is 99.4 Å². The lowest BCUT2D eigenvalue weighted by Crippen LogP contribution is -3.14. The Hall–Kier alpha value is -2.78. The molecule has 2 aliphatic rings. The van der Waals surface area contributed by atoms with Crippen LogP contribution in [-0.2, 0) is 4.74 Å². The monoisotopic (exact) mass is 425 g/mol. The number of aromatic amines is 1. The molecule has 1 aliphatic carbocycles. The van der Waals surface area contributed by atoms with E-state index in [0.717, 1.165) is 48.4 Å². The van der Waals surface area contributed by atoms with Crippen LogP contribution in [0.25, 0.3) is 10.9 Å². The molecule has 0 unspecified atom stereocenters. The van der Waals surface area contributed by atoms with Crippen molar-refractivity contribution in [2.24, 2.45) is 0 Å². The average molecular weight is 426 g/mol. The number of fused-ring (bicyclic) bond motifs is 1. The molecule has 164 valence electrons. The van der Waals surface area contributed by atoms with Crippen LogP contribution in [0.1, 0.15) is 55.6 Å². The predicted octanol–water partition coefficient (Wildman–Crippen LogP) is 1.03. The van der Waals surface area contributed by atoms with E-state index in [1.807, 2.05) is 28.9 Å².